The molecule has 0 amide bonds. The maximum absolute atomic E-state index is 6.19. The van der Waals surface area contributed by atoms with Crippen LogP contribution >= 0.6 is 23.5 Å². The molecule has 0 saturated carbocycles. The zero-order chi connectivity index (χ0) is 17.2. The quantitative estimate of drug-likeness (QED) is 0.594. The first-order chi connectivity index (χ1) is 12.2. The average Bonchev–Trinajstić information content (AvgIpc) is 3.04. The van der Waals surface area contributed by atoms with Crippen molar-refractivity contribution >= 4 is 40.3 Å². The van der Waals surface area contributed by atoms with Gasteiger partial charge in [0.05, 0.1) is 27.8 Å². The van der Waals surface area contributed by atoms with E-state index in [0.29, 0.717) is 6.04 Å². The summed E-state index contributed by atoms with van der Waals surface area (Å²) in [5.74, 6) is 1.08. The van der Waals surface area contributed by atoms with Gasteiger partial charge in [-0.05, 0) is 68.7 Å². The SMILES string of the molecule is CN1CCCCC1c1nc2ccc(SNc3ccccc3Cl)cc2[nH]1. The van der Waals surface area contributed by atoms with Crippen LogP contribution < -0.4 is 4.72 Å². The lowest BCUT2D eigenvalue weighted by atomic mass is 10.0. The van der Waals surface area contributed by atoms with Crippen LogP contribution in [0.15, 0.2) is 47.4 Å². The normalized spacial score (nSPS) is 18.6. The molecule has 2 N–H and O–H groups in total. The van der Waals surface area contributed by atoms with Crippen molar-refractivity contribution in [1.82, 2.24) is 14.9 Å². The number of hydrogen-bond donors (Lipinski definition) is 2. The predicted molar refractivity (Wildman–Crippen MR) is 106 cm³/mol. The number of likely N-dealkylation sites (tertiary alicyclic amines) is 1. The Morgan fingerprint density at radius 2 is 2.12 bits per heavy atom. The van der Waals surface area contributed by atoms with Crippen LogP contribution in [0.3, 0.4) is 0 Å². The van der Waals surface area contributed by atoms with Crippen molar-refractivity contribution in [3.05, 3.63) is 53.3 Å². The van der Waals surface area contributed by atoms with Gasteiger partial charge >= 0.3 is 0 Å². The topological polar surface area (TPSA) is 44.0 Å². The number of nitrogens with one attached hydrogen (secondary N) is 2. The Balaban J connectivity index is 1.53. The third-order valence-electron chi connectivity index (χ3n) is 4.71. The minimum absolute atomic E-state index is 0.401. The van der Waals surface area contributed by atoms with Crippen LogP contribution in [-0.4, -0.2) is 28.5 Å². The van der Waals surface area contributed by atoms with E-state index >= 15 is 0 Å². The summed E-state index contributed by atoms with van der Waals surface area (Å²) >= 11 is 7.75. The van der Waals surface area contributed by atoms with Crippen LogP contribution in [0.2, 0.25) is 5.02 Å². The maximum atomic E-state index is 6.19. The highest BCUT2D eigenvalue weighted by atomic mass is 35.5. The Labute approximate surface area is 157 Å². The molecule has 6 heteroatoms. The smallest absolute Gasteiger partial charge is 0.124 e. The number of nitrogens with zero attached hydrogens (tertiary/aromatic N) is 2. The van der Waals surface area contributed by atoms with E-state index in [-0.39, 0.29) is 0 Å². The van der Waals surface area contributed by atoms with Gasteiger partial charge in [0.25, 0.3) is 0 Å². The van der Waals surface area contributed by atoms with Crippen molar-refractivity contribution in [2.24, 2.45) is 0 Å². The van der Waals surface area contributed by atoms with Crippen LogP contribution in [0.25, 0.3) is 11.0 Å². The molecule has 1 atom stereocenters. The first-order valence-corrected chi connectivity index (χ1v) is 9.77. The molecular weight excluding hydrogens is 352 g/mol. The third kappa shape index (κ3) is 3.64. The molecule has 0 bridgehead atoms. The molecule has 130 valence electrons. The zero-order valence-electron chi connectivity index (χ0n) is 14.1. The lowest BCUT2D eigenvalue weighted by Gasteiger charge is -2.30. The minimum Gasteiger partial charge on any atom is -0.341 e. The number of hydrogen-bond acceptors (Lipinski definition) is 4. The molecule has 1 aliphatic rings. The van der Waals surface area contributed by atoms with Gasteiger partial charge in [-0.15, -0.1) is 0 Å². The molecule has 1 aliphatic heterocycles. The number of aromatic nitrogens is 2. The summed E-state index contributed by atoms with van der Waals surface area (Å²) < 4.78 is 3.31. The summed E-state index contributed by atoms with van der Waals surface area (Å²) in [6, 6.07) is 14.5. The molecule has 0 aliphatic carbocycles. The van der Waals surface area contributed by atoms with E-state index in [9.17, 15) is 0 Å². The van der Waals surface area contributed by atoms with Crippen molar-refractivity contribution in [2.45, 2.75) is 30.2 Å². The molecule has 4 rings (SSSR count). The van der Waals surface area contributed by atoms with Gasteiger partial charge in [0.15, 0.2) is 0 Å². The maximum Gasteiger partial charge on any atom is 0.124 e. The third-order valence-corrected chi connectivity index (χ3v) is 5.85. The van der Waals surface area contributed by atoms with Crippen molar-refractivity contribution in [2.75, 3.05) is 18.3 Å². The van der Waals surface area contributed by atoms with Gasteiger partial charge in [0, 0.05) is 4.90 Å². The van der Waals surface area contributed by atoms with Crippen LogP contribution in [0, 0.1) is 0 Å². The molecule has 1 saturated heterocycles. The van der Waals surface area contributed by atoms with E-state index in [1.165, 1.54) is 19.3 Å². The van der Waals surface area contributed by atoms with Crippen LogP contribution in [0.5, 0.6) is 0 Å². The van der Waals surface area contributed by atoms with E-state index < -0.39 is 0 Å². The monoisotopic (exact) mass is 372 g/mol. The van der Waals surface area contributed by atoms with Gasteiger partial charge < -0.3 is 9.71 Å². The lowest BCUT2D eigenvalue weighted by molar-refractivity contribution is 0.180. The Morgan fingerprint density at radius 3 is 2.96 bits per heavy atom. The highest BCUT2D eigenvalue weighted by Crippen LogP contribution is 2.31. The number of aromatic amines is 1. The Morgan fingerprint density at radius 1 is 1.24 bits per heavy atom. The Bertz CT molecular complexity index is 879. The van der Waals surface area contributed by atoms with E-state index in [4.69, 9.17) is 16.6 Å². The molecule has 4 nitrogen and oxygen atoms in total. The Kier molecular flexibility index (Phi) is 4.88. The fraction of sp³-hybridized carbons (Fsp3) is 0.316. The van der Waals surface area contributed by atoms with E-state index in [1.54, 1.807) is 11.9 Å². The number of halogens is 1. The molecule has 3 aromatic rings. The first kappa shape index (κ1) is 16.8. The second kappa shape index (κ2) is 7.28. The van der Waals surface area contributed by atoms with E-state index in [0.717, 1.165) is 39.0 Å². The standard InChI is InChI=1S/C19H21ClN4S/c1-24-11-5-4-8-18(24)19-21-16-10-9-13(12-17(16)22-19)25-23-15-7-3-2-6-14(15)20/h2-3,6-7,9-10,12,18,23H,4-5,8,11H2,1H3,(H,21,22). The van der Waals surface area contributed by atoms with Crippen LogP contribution in [0.4, 0.5) is 5.69 Å². The van der Waals surface area contributed by atoms with Gasteiger partial charge in [0.1, 0.15) is 5.82 Å². The fourth-order valence-electron chi connectivity index (χ4n) is 3.31. The molecule has 25 heavy (non-hydrogen) atoms. The van der Waals surface area contributed by atoms with Gasteiger partial charge in [-0.1, -0.05) is 30.2 Å². The van der Waals surface area contributed by atoms with Crippen molar-refractivity contribution in [3.63, 3.8) is 0 Å². The van der Waals surface area contributed by atoms with Crippen LogP contribution in [-0.2, 0) is 0 Å². The second-order valence-electron chi connectivity index (χ2n) is 6.48. The largest absolute Gasteiger partial charge is 0.341 e. The van der Waals surface area contributed by atoms with E-state index in [1.807, 2.05) is 24.3 Å². The molecule has 1 unspecified atom stereocenters. The van der Waals surface area contributed by atoms with E-state index in [2.05, 4.69) is 39.9 Å². The van der Waals surface area contributed by atoms with Gasteiger partial charge in [-0.3, -0.25) is 4.90 Å². The van der Waals surface area contributed by atoms with Crippen LogP contribution in [0.1, 0.15) is 31.1 Å². The molecule has 2 aromatic carbocycles. The van der Waals surface area contributed by atoms with Gasteiger partial charge in [0.2, 0.25) is 0 Å². The number of imidazole rings is 1. The highest BCUT2D eigenvalue weighted by Gasteiger charge is 2.23. The molecule has 0 spiro atoms. The molecule has 2 heterocycles. The summed E-state index contributed by atoms with van der Waals surface area (Å²) in [5, 5.41) is 0.722. The first-order valence-electron chi connectivity index (χ1n) is 8.58. The van der Waals surface area contributed by atoms with Crippen molar-refractivity contribution in [1.29, 1.82) is 0 Å². The summed E-state index contributed by atoms with van der Waals surface area (Å²) in [6.07, 6.45) is 3.72. The van der Waals surface area contributed by atoms with Crippen molar-refractivity contribution < 1.29 is 0 Å². The summed E-state index contributed by atoms with van der Waals surface area (Å²) in [4.78, 5) is 11.9. The number of piperidine rings is 1. The minimum atomic E-state index is 0.401. The summed E-state index contributed by atoms with van der Waals surface area (Å²) in [6.45, 7) is 1.14. The van der Waals surface area contributed by atoms with Gasteiger partial charge in [-0.2, -0.15) is 0 Å². The number of fused-ring (bicyclic) bond motifs is 1. The highest BCUT2D eigenvalue weighted by molar-refractivity contribution is 8.00. The van der Waals surface area contributed by atoms with Gasteiger partial charge in [-0.25, -0.2) is 4.98 Å². The number of H-pyrrole nitrogens is 1. The number of rotatable bonds is 4. The number of para-hydroxylation sites is 1. The van der Waals surface area contributed by atoms with Crippen molar-refractivity contribution in [3.8, 4) is 0 Å². The predicted octanol–water partition coefficient (Wildman–Crippen LogP) is 5.49. The summed E-state index contributed by atoms with van der Waals surface area (Å²) in [5.41, 5.74) is 3.03. The molecule has 0 radical (unpaired) electrons. The number of anilines is 1. The second-order valence-corrected chi connectivity index (χ2v) is 7.76. The summed E-state index contributed by atoms with van der Waals surface area (Å²) in [7, 11) is 2.19. The molecule has 1 fully saturated rings. The Hall–Kier alpha value is -1.69. The lowest BCUT2D eigenvalue weighted by Crippen LogP contribution is -2.30. The average molecular weight is 373 g/mol. The molecular formula is C19H21ClN4S. The fourth-order valence-corrected chi connectivity index (χ4v) is 4.27. The molecule has 1 aromatic heterocycles. The number of benzene rings is 2. The zero-order valence-corrected chi connectivity index (χ0v) is 15.7.